The van der Waals surface area contributed by atoms with Gasteiger partial charge in [-0.15, -0.1) is 0 Å². The third-order valence-electron chi connectivity index (χ3n) is 1.52. The van der Waals surface area contributed by atoms with Crippen LogP contribution in [0.2, 0.25) is 0 Å². The van der Waals surface area contributed by atoms with Gasteiger partial charge >= 0.3 is 5.97 Å². The van der Waals surface area contributed by atoms with E-state index >= 15 is 0 Å². The van der Waals surface area contributed by atoms with Crippen LogP contribution in [0.3, 0.4) is 0 Å². The first-order chi connectivity index (χ1) is 5.79. The summed E-state index contributed by atoms with van der Waals surface area (Å²) < 4.78 is 10.0. The average Bonchev–Trinajstić information content (AvgIpc) is 2.64. The van der Waals surface area contributed by atoms with Gasteiger partial charge in [0.2, 0.25) is 0 Å². The molecule has 0 unspecified atom stereocenters. The molecule has 2 aromatic heterocycles. The first-order valence-corrected chi connectivity index (χ1v) is 3.46. The molecular formula is C9H6O3. The number of benzene rings is 1. The zero-order valence-electron chi connectivity index (χ0n) is 6.24. The molecule has 2 rings (SSSR count). The third kappa shape index (κ3) is 0.955. The van der Waals surface area contributed by atoms with Crippen LogP contribution >= 0.6 is 0 Å². The predicted molar refractivity (Wildman–Crippen MR) is 43.2 cm³/mol. The molecule has 2 bridgehead atoms. The van der Waals surface area contributed by atoms with Gasteiger partial charge < -0.3 is 9.15 Å². The van der Waals surface area contributed by atoms with Gasteiger partial charge in [-0.25, -0.2) is 4.79 Å². The standard InChI is InChI=1S/C9H6O3/c1-2-9(10)12-8-5-6-3-4-7(8)11-6/h2-5H,1H2. The van der Waals surface area contributed by atoms with E-state index in [4.69, 9.17) is 9.15 Å². The van der Waals surface area contributed by atoms with Gasteiger partial charge in [-0.2, -0.15) is 0 Å². The fraction of sp³-hybridized carbons (Fsp3) is 0. The van der Waals surface area contributed by atoms with E-state index in [1.165, 1.54) is 0 Å². The van der Waals surface area contributed by atoms with Crippen molar-refractivity contribution in [3.63, 3.8) is 0 Å². The van der Waals surface area contributed by atoms with Gasteiger partial charge in [-0.3, -0.25) is 0 Å². The second-order valence-electron chi connectivity index (χ2n) is 2.34. The molecule has 3 nitrogen and oxygen atoms in total. The van der Waals surface area contributed by atoms with Crippen LogP contribution in [0.5, 0.6) is 5.75 Å². The summed E-state index contributed by atoms with van der Waals surface area (Å²) in [5, 5.41) is 0. The third-order valence-corrected chi connectivity index (χ3v) is 1.52. The molecule has 12 heavy (non-hydrogen) atoms. The van der Waals surface area contributed by atoms with Gasteiger partial charge in [0, 0.05) is 12.1 Å². The lowest BCUT2D eigenvalue weighted by Gasteiger charge is -1.95. The minimum Gasteiger partial charge on any atom is -0.453 e. The second-order valence-corrected chi connectivity index (χ2v) is 2.34. The van der Waals surface area contributed by atoms with Crippen LogP contribution in [-0.4, -0.2) is 5.97 Å². The number of hydrogen-bond acceptors (Lipinski definition) is 3. The summed E-state index contributed by atoms with van der Waals surface area (Å²) in [6.45, 7) is 3.29. The van der Waals surface area contributed by atoms with Gasteiger partial charge in [-0.05, 0) is 12.1 Å². The van der Waals surface area contributed by atoms with Crippen LogP contribution in [0.25, 0.3) is 11.2 Å². The maximum absolute atomic E-state index is 10.8. The van der Waals surface area contributed by atoms with Crippen molar-refractivity contribution in [2.45, 2.75) is 0 Å². The molecule has 0 aliphatic carbocycles. The predicted octanol–water partition coefficient (Wildman–Crippen LogP) is 1.96. The lowest BCUT2D eigenvalue weighted by atomic mass is 10.3. The van der Waals surface area contributed by atoms with Crippen LogP contribution in [0, 0.1) is 0 Å². The number of esters is 1. The summed E-state index contributed by atoms with van der Waals surface area (Å²) in [6, 6.07) is 5.22. The van der Waals surface area contributed by atoms with Gasteiger partial charge in [-0.1, -0.05) is 6.58 Å². The van der Waals surface area contributed by atoms with Gasteiger partial charge in [0.15, 0.2) is 11.3 Å². The van der Waals surface area contributed by atoms with Crippen molar-refractivity contribution in [2.24, 2.45) is 0 Å². The quantitative estimate of drug-likeness (QED) is 0.385. The Morgan fingerprint density at radius 1 is 1.58 bits per heavy atom. The molecule has 60 valence electrons. The summed E-state index contributed by atoms with van der Waals surface area (Å²) in [5.41, 5.74) is 1.29. The van der Waals surface area contributed by atoms with Crippen molar-refractivity contribution in [1.82, 2.24) is 0 Å². The summed E-state index contributed by atoms with van der Waals surface area (Å²) in [7, 11) is 0. The molecule has 0 saturated carbocycles. The highest BCUT2D eigenvalue weighted by molar-refractivity contribution is 5.86. The zero-order valence-corrected chi connectivity index (χ0v) is 6.24. The Labute approximate surface area is 68.6 Å². The molecule has 0 aromatic carbocycles. The Bertz CT molecular complexity index is 413. The Balaban J connectivity index is 2.29. The Morgan fingerprint density at radius 2 is 2.42 bits per heavy atom. The van der Waals surface area contributed by atoms with Crippen molar-refractivity contribution in [3.8, 4) is 5.75 Å². The zero-order chi connectivity index (χ0) is 8.55. The number of carbonyl (C=O) groups excluding carboxylic acids is 1. The SMILES string of the molecule is C=CC(=O)Oc1cc2ccc1o2. The fourth-order valence-electron chi connectivity index (χ4n) is 0.993. The maximum atomic E-state index is 10.8. The summed E-state index contributed by atoms with van der Waals surface area (Å²) >= 11 is 0. The number of ether oxygens (including phenoxy) is 1. The largest absolute Gasteiger partial charge is 0.453 e. The summed E-state index contributed by atoms with van der Waals surface area (Å²) in [6.07, 6.45) is 1.11. The van der Waals surface area contributed by atoms with Crippen LogP contribution in [0.1, 0.15) is 0 Å². The summed E-state index contributed by atoms with van der Waals surface area (Å²) in [5.74, 6) is -0.0173. The van der Waals surface area contributed by atoms with Crippen LogP contribution < -0.4 is 4.74 Å². The molecule has 0 N–H and O–H groups in total. The first-order valence-electron chi connectivity index (χ1n) is 3.46. The second kappa shape index (κ2) is 2.37. The smallest absolute Gasteiger partial charge is 0.335 e. The molecule has 0 fully saturated rings. The van der Waals surface area contributed by atoms with Crippen LogP contribution in [0.15, 0.2) is 35.3 Å². The maximum Gasteiger partial charge on any atom is 0.335 e. The minimum atomic E-state index is -0.473. The normalized spacial score (nSPS) is 10.3. The Kier molecular flexibility index (Phi) is 1.37. The Morgan fingerprint density at radius 3 is 2.92 bits per heavy atom. The topological polar surface area (TPSA) is 39.4 Å². The highest BCUT2D eigenvalue weighted by atomic mass is 16.5. The molecule has 0 amide bonds. The number of rotatable bonds is 2. The van der Waals surface area contributed by atoms with E-state index in [-0.39, 0.29) is 0 Å². The van der Waals surface area contributed by atoms with Gasteiger partial charge in [0.1, 0.15) is 5.58 Å². The number of carbonyl (C=O) groups is 1. The van der Waals surface area contributed by atoms with Crippen LogP contribution in [-0.2, 0) is 4.79 Å². The lowest BCUT2D eigenvalue weighted by molar-refractivity contribution is -0.128. The van der Waals surface area contributed by atoms with E-state index < -0.39 is 5.97 Å². The highest BCUT2D eigenvalue weighted by Crippen LogP contribution is 2.28. The molecule has 0 radical (unpaired) electrons. The van der Waals surface area contributed by atoms with E-state index in [2.05, 4.69) is 6.58 Å². The van der Waals surface area contributed by atoms with Crippen molar-refractivity contribution < 1.29 is 13.9 Å². The molecular weight excluding hydrogens is 156 g/mol. The van der Waals surface area contributed by atoms with Gasteiger partial charge in [0.25, 0.3) is 0 Å². The molecule has 0 spiro atoms. The lowest BCUT2D eigenvalue weighted by Crippen LogP contribution is -2.02. The van der Waals surface area contributed by atoms with Crippen LogP contribution in [0.4, 0.5) is 0 Å². The van der Waals surface area contributed by atoms with Crippen molar-refractivity contribution in [3.05, 3.63) is 30.9 Å². The van der Waals surface area contributed by atoms with Crippen molar-refractivity contribution in [2.75, 3.05) is 0 Å². The van der Waals surface area contributed by atoms with E-state index in [1.54, 1.807) is 18.2 Å². The van der Waals surface area contributed by atoms with E-state index in [0.29, 0.717) is 16.9 Å². The minimum absolute atomic E-state index is 0.456. The highest BCUT2D eigenvalue weighted by Gasteiger charge is 2.09. The van der Waals surface area contributed by atoms with Gasteiger partial charge in [0.05, 0.1) is 0 Å². The molecule has 0 saturated heterocycles. The van der Waals surface area contributed by atoms with Crippen molar-refractivity contribution >= 4 is 17.1 Å². The molecule has 0 atom stereocenters. The number of fused-ring (bicyclic) bond motifs is 2. The Hall–Kier alpha value is -1.77. The average molecular weight is 162 g/mol. The molecule has 0 aliphatic heterocycles. The van der Waals surface area contributed by atoms with Crippen molar-refractivity contribution in [1.29, 1.82) is 0 Å². The molecule has 3 heteroatoms. The molecule has 0 aliphatic rings. The monoisotopic (exact) mass is 162 g/mol. The fourth-order valence-corrected chi connectivity index (χ4v) is 0.993. The number of hydrogen-bond donors (Lipinski definition) is 0. The van der Waals surface area contributed by atoms with E-state index in [0.717, 1.165) is 6.08 Å². The first kappa shape index (κ1) is 6.91. The molecule has 2 heterocycles. The van der Waals surface area contributed by atoms with E-state index in [1.807, 2.05) is 0 Å². The van der Waals surface area contributed by atoms with E-state index in [9.17, 15) is 4.79 Å². The molecule has 2 aromatic rings. The summed E-state index contributed by atoms with van der Waals surface area (Å²) in [4.78, 5) is 10.8. The number of furan rings is 2.